The molecule has 0 aliphatic carbocycles. The van der Waals surface area contributed by atoms with Crippen molar-refractivity contribution in [3.63, 3.8) is 0 Å². The molecule has 0 radical (unpaired) electrons. The Balaban J connectivity index is 0.00000400. The van der Waals surface area contributed by atoms with Gasteiger partial charge in [-0.15, -0.1) is 6.54 Å². The second-order valence-corrected chi connectivity index (χ2v) is 9.09. The first kappa shape index (κ1) is 30.7. The van der Waals surface area contributed by atoms with Crippen LogP contribution in [0, 0.1) is 12.7 Å². The van der Waals surface area contributed by atoms with Gasteiger partial charge in [-0.1, -0.05) is 49.7 Å². The quantitative estimate of drug-likeness (QED) is 0.173. The Labute approximate surface area is 263 Å². The second-order valence-electron chi connectivity index (χ2n) is 9.09. The molecule has 0 saturated carbocycles. The molecule has 4 rings (SSSR count). The van der Waals surface area contributed by atoms with Gasteiger partial charge in [0.1, 0.15) is 11.6 Å². The number of benzene rings is 3. The zero-order valence-corrected chi connectivity index (χ0v) is 25.2. The summed E-state index contributed by atoms with van der Waals surface area (Å²) in [5.41, 5.74) is 2.12. The minimum atomic E-state index is -4.74. The van der Waals surface area contributed by atoms with Gasteiger partial charge in [0.15, 0.2) is 5.82 Å². The molecule has 1 aromatic heterocycles. The van der Waals surface area contributed by atoms with E-state index in [2.05, 4.69) is 17.6 Å². The van der Waals surface area contributed by atoms with E-state index < -0.39 is 17.6 Å². The third-order valence-corrected chi connectivity index (χ3v) is 6.22. The van der Waals surface area contributed by atoms with Crippen LogP contribution >= 0.6 is 0 Å². The zero-order valence-electron chi connectivity index (χ0n) is 22.0. The fraction of sp³-hybridized carbons (Fsp3) is 0.310. The Bertz CT molecular complexity index is 1390. The van der Waals surface area contributed by atoms with Crippen molar-refractivity contribution in [1.29, 1.82) is 0 Å². The largest absolute Gasteiger partial charge is 1.00 e. The number of fused-ring (bicyclic) bond motifs is 1. The van der Waals surface area contributed by atoms with Crippen molar-refractivity contribution in [2.24, 2.45) is 0 Å². The minimum absolute atomic E-state index is 0. The van der Waals surface area contributed by atoms with Crippen molar-refractivity contribution < 1.29 is 68.9 Å². The molecule has 3 aromatic carbocycles. The summed E-state index contributed by atoms with van der Waals surface area (Å²) in [6, 6.07) is 16.1. The van der Waals surface area contributed by atoms with E-state index in [1.54, 1.807) is 18.2 Å². The number of para-hydroxylation sites is 1. The molecule has 0 bridgehead atoms. The SMILES string of the molecule is CC[N-]CCCC(C)Nc1nc(-c2cccc(-c3ccc(C(F)(F)F)c(F)c3)c2)nc2c(C)cccc12.[K+]. The van der Waals surface area contributed by atoms with Crippen LogP contribution in [0.4, 0.5) is 23.4 Å². The first-order valence-electron chi connectivity index (χ1n) is 12.3. The average molecular weight is 549 g/mol. The molecule has 0 aliphatic heterocycles. The van der Waals surface area contributed by atoms with Crippen LogP contribution in [-0.4, -0.2) is 29.1 Å². The number of aryl methyl sites for hydroxylation is 1. The Kier molecular flexibility index (Phi) is 10.9. The Morgan fingerprint density at radius 2 is 1.66 bits per heavy atom. The van der Waals surface area contributed by atoms with E-state index in [0.29, 0.717) is 22.5 Å². The molecule has 1 N–H and O–H groups in total. The molecule has 0 amide bonds. The zero-order chi connectivity index (χ0) is 26.6. The molecule has 0 saturated heterocycles. The summed E-state index contributed by atoms with van der Waals surface area (Å²) in [7, 11) is 0. The molecule has 194 valence electrons. The topological polar surface area (TPSA) is 51.9 Å². The summed E-state index contributed by atoms with van der Waals surface area (Å²) in [5.74, 6) is -0.110. The molecule has 4 aromatic rings. The maximum atomic E-state index is 14.2. The van der Waals surface area contributed by atoms with Crippen LogP contribution in [0.5, 0.6) is 0 Å². The summed E-state index contributed by atoms with van der Waals surface area (Å²) in [4.78, 5) is 9.64. The summed E-state index contributed by atoms with van der Waals surface area (Å²) in [5, 5.41) is 8.83. The van der Waals surface area contributed by atoms with E-state index in [0.717, 1.165) is 60.3 Å². The van der Waals surface area contributed by atoms with Crippen molar-refractivity contribution in [2.75, 3.05) is 18.4 Å². The fourth-order valence-electron chi connectivity index (χ4n) is 4.27. The van der Waals surface area contributed by atoms with E-state index >= 15 is 0 Å². The third kappa shape index (κ3) is 7.40. The van der Waals surface area contributed by atoms with Gasteiger partial charge >= 0.3 is 57.6 Å². The van der Waals surface area contributed by atoms with Crippen molar-refractivity contribution in [2.45, 2.75) is 45.8 Å². The smallest absolute Gasteiger partial charge is 0.662 e. The molecule has 38 heavy (non-hydrogen) atoms. The molecular formula is C29H29F4KN4. The number of hydrogen-bond donors (Lipinski definition) is 1. The van der Waals surface area contributed by atoms with Crippen LogP contribution in [0.1, 0.15) is 37.8 Å². The van der Waals surface area contributed by atoms with Gasteiger partial charge in [0.25, 0.3) is 0 Å². The first-order chi connectivity index (χ1) is 17.7. The standard InChI is InChI=1S/C29H29F4N4.K/c1-4-34-15-7-9-19(3)35-28-23-12-5-8-18(2)26(23)36-27(37-28)22-11-6-10-20(16-22)21-13-14-24(25(30)17-21)29(31,32)33;/h5-6,8,10-14,16-17,19H,4,7,9,15H2,1-3H3,(H,35,36,37);/q-1;+1. The number of nitrogens with zero attached hydrogens (tertiary/aromatic N) is 3. The van der Waals surface area contributed by atoms with Gasteiger partial charge in [-0.05, 0) is 61.2 Å². The summed E-state index contributed by atoms with van der Waals surface area (Å²) < 4.78 is 53.2. The van der Waals surface area contributed by atoms with Crippen molar-refractivity contribution >= 4 is 16.7 Å². The van der Waals surface area contributed by atoms with Gasteiger partial charge in [0.2, 0.25) is 0 Å². The predicted octanol–water partition coefficient (Wildman–Crippen LogP) is 5.41. The summed E-state index contributed by atoms with van der Waals surface area (Å²) in [6.45, 7) is 7.77. The molecule has 1 unspecified atom stereocenters. The number of nitrogens with one attached hydrogen (secondary N) is 1. The van der Waals surface area contributed by atoms with Crippen LogP contribution in [0.2, 0.25) is 0 Å². The molecule has 1 heterocycles. The number of alkyl halides is 3. The Morgan fingerprint density at radius 3 is 2.37 bits per heavy atom. The van der Waals surface area contributed by atoms with Gasteiger partial charge in [-0.3, -0.25) is 0 Å². The molecule has 0 fully saturated rings. The van der Waals surface area contributed by atoms with Crippen molar-refractivity contribution in [3.8, 4) is 22.5 Å². The molecule has 4 nitrogen and oxygen atoms in total. The second kappa shape index (κ2) is 13.5. The monoisotopic (exact) mass is 548 g/mol. The van der Waals surface area contributed by atoms with E-state index in [1.165, 1.54) is 6.07 Å². The van der Waals surface area contributed by atoms with Crippen LogP contribution in [-0.2, 0) is 6.18 Å². The number of anilines is 1. The number of aromatic nitrogens is 2. The first-order valence-corrected chi connectivity index (χ1v) is 12.3. The maximum Gasteiger partial charge on any atom is 1.00 e. The van der Waals surface area contributed by atoms with Crippen LogP contribution in [0.15, 0.2) is 60.7 Å². The molecule has 0 spiro atoms. The third-order valence-electron chi connectivity index (χ3n) is 6.22. The van der Waals surface area contributed by atoms with E-state index in [1.807, 2.05) is 38.1 Å². The Hall–Kier alpha value is -1.88. The van der Waals surface area contributed by atoms with Gasteiger partial charge in [-0.2, -0.15) is 19.7 Å². The van der Waals surface area contributed by atoms with Crippen LogP contribution in [0.25, 0.3) is 38.7 Å². The average Bonchev–Trinajstić information content (AvgIpc) is 2.86. The van der Waals surface area contributed by atoms with Crippen molar-refractivity contribution in [1.82, 2.24) is 9.97 Å². The minimum Gasteiger partial charge on any atom is -0.662 e. The number of halogens is 4. The van der Waals surface area contributed by atoms with Gasteiger partial charge < -0.3 is 10.6 Å². The van der Waals surface area contributed by atoms with Crippen LogP contribution < -0.4 is 56.7 Å². The molecule has 9 heteroatoms. The van der Waals surface area contributed by atoms with E-state index in [-0.39, 0.29) is 57.4 Å². The summed E-state index contributed by atoms with van der Waals surface area (Å²) >= 11 is 0. The fourth-order valence-corrected chi connectivity index (χ4v) is 4.27. The van der Waals surface area contributed by atoms with Gasteiger partial charge in [0, 0.05) is 17.0 Å². The van der Waals surface area contributed by atoms with Crippen LogP contribution in [0.3, 0.4) is 0 Å². The summed E-state index contributed by atoms with van der Waals surface area (Å²) in [6.07, 6.45) is -2.83. The van der Waals surface area contributed by atoms with E-state index in [4.69, 9.17) is 9.97 Å². The van der Waals surface area contributed by atoms with Gasteiger partial charge in [0.05, 0.1) is 11.1 Å². The van der Waals surface area contributed by atoms with Gasteiger partial charge in [-0.25, -0.2) is 14.4 Å². The predicted molar refractivity (Wildman–Crippen MR) is 141 cm³/mol. The Morgan fingerprint density at radius 1 is 0.947 bits per heavy atom. The number of rotatable bonds is 9. The van der Waals surface area contributed by atoms with Crippen molar-refractivity contribution in [3.05, 3.63) is 82.9 Å². The maximum absolute atomic E-state index is 14.2. The number of hydrogen-bond acceptors (Lipinski definition) is 3. The molecule has 1 atom stereocenters. The normalized spacial score (nSPS) is 12.3. The van der Waals surface area contributed by atoms with E-state index in [9.17, 15) is 17.6 Å². The molecule has 0 aliphatic rings. The molecular weight excluding hydrogens is 519 g/mol.